The molecule has 0 radical (unpaired) electrons. The lowest BCUT2D eigenvalue weighted by molar-refractivity contribution is 0.327. The van der Waals surface area contributed by atoms with Gasteiger partial charge in [0.15, 0.2) is 0 Å². The number of ether oxygens (including phenoxy) is 1. The summed E-state index contributed by atoms with van der Waals surface area (Å²) >= 11 is 0. The minimum Gasteiger partial charge on any atom is -0.478 e. The predicted octanol–water partition coefficient (Wildman–Crippen LogP) is 0.764. The molecule has 0 unspecified atom stereocenters. The lowest BCUT2D eigenvalue weighted by Crippen LogP contribution is -2.11. The molecule has 1 rings (SSSR count). The van der Waals surface area contributed by atoms with Crippen molar-refractivity contribution in [3.63, 3.8) is 0 Å². The van der Waals surface area contributed by atoms with Crippen LogP contribution in [0.3, 0.4) is 0 Å². The predicted molar refractivity (Wildman–Crippen MR) is 46.4 cm³/mol. The highest BCUT2D eigenvalue weighted by molar-refractivity contribution is 5.94. The van der Waals surface area contributed by atoms with Gasteiger partial charge in [-0.25, -0.2) is 4.98 Å². The standard InChI is InChI=1S/C8H11N3O/c1-2-12-7-4-3-6(5-11-7)8(9)10/h3-5H,2H2,1H3,(H3,9,10). The summed E-state index contributed by atoms with van der Waals surface area (Å²) in [6, 6.07) is 3.40. The van der Waals surface area contributed by atoms with Crippen molar-refractivity contribution in [2.45, 2.75) is 6.92 Å². The summed E-state index contributed by atoms with van der Waals surface area (Å²) < 4.78 is 5.12. The van der Waals surface area contributed by atoms with Crippen LogP contribution in [-0.2, 0) is 0 Å². The third-order valence-electron chi connectivity index (χ3n) is 1.34. The average molecular weight is 165 g/mol. The maximum atomic E-state index is 7.10. The molecule has 1 aromatic heterocycles. The summed E-state index contributed by atoms with van der Waals surface area (Å²) in [5.74, 6) is 0.577. The molecule has 4 nitrogen and oxygen atoms in total. The number of nitrogens with zero attached hydrogens (tertiary/aromatic N) is 1. The molecule has 0 bridgehead atoms. The Kier molecular flexibility index (Phi) is 2.63. The number of nitrogen functional groups attached to an aromatic ring is 1. The Morgan fingerprint density at radius 2 is 2.42 bits per heavy atom. The van der Waals surface area contributed by atoms with Crippen molar-refractivity contribution in [1.29, 1.82) is 5.41 Å². The molecule has 0 saturated heterocycles. The van der Waals surface area contributed by atoms with E-state index >= 15 is 0 Å². The molecule has 0 aliphatic heterocycles. The Hall–Kier alpha value is -1.58. The molecule has 4 heteroatoms. The van der Waals surface area contributed by atoms with Crippen molar-refractivity contribution in [3.8, 4) is 5.88 Å². The summed E-state index contributed by atoms with van der Waals surface area (Å²) in [7, 11) is 0. The van der Waals surface area contributed by atoms with Crippen LogP contribution in [0.2, 0.25) is 0 Å². The van der Waals surface area contributed by atoms with E-state index in [1.807, 2.05) is 6.92 Å². The van der Waals surface area contributed by atoms with Gasteiger partial charge >= 0.3 is 0 Å². The van der Waals surface area contributed by atoms with Crippen LogP contribution in [0.4, 0.5) is 0 Å². The van der Waals surface area contributed by atoms with E-state index in [0.717, 1.165) is 0 Å². The fourth-order valence-electron chi connectivity index (χ4n) is 0.773. The summed E-state index contributed by atoms with van der Waals surface area (Å²) in [6.45, 7) is 2.48. The van der Waals surface area contributed by atoms with Gasteiger partial charge in [0.05, 0.1) is 6.61 Å². The minimum atomic E-state index is 0.0190. The van der Waals surface area contributed by atoms with Gasteiger partial charge in [0.2, 0.25) is 5.88 Å². The van der Waals surface area contributed by atoms with E-state index in [9.17, 15) is 0 Å². The fraction of sp³-hybridized carbons (Fsp3) is 0.250. The van der Waals surface area contributed by atoms with E-state index in [4.69, 9.17) is 15.9 Å². The molecular weight excluding hydrogens is 154 g/mol. The number of aromatic nitrogens is 1. The van der Waals surface area contributed by atoms with Crippen molar-refractivity contribution in [2.75, 3.05) is 6.61 Å². The largest absolute Gasteiger partial charge is 0.478 e. The summed E-state index contributed by atoms with van der Waals surface area (Å²) in [5.41, 5.74) is 5.85. The molecule has 0 fully saturated rings. The van der Waals surface area contributed by atoms with Crippen LogP contribution in [0.25, 0.3) is 0 Å². The van der Waals surface area contributed by atoms with E-state index in [1.54, 1.807) is 12.1 Å². The molecule has 0 saturated carbocycles. The van der Waals surface area contributed by atoms with Crippen molar-refractivity contribution in [2.24, 2.45) is 5.73 Å². The van der Waals surface area contributed by atoms with Crippen LogP contribution >= 0.6 is 0 Å². The van der Waals surface area contributed by atoms with E-state index in [1.165, 1.54) is 6.20 Å². The fourth-order valence-corrected chi connectivity index (χ4v) is 0.773. The second-order valence-corrected chi connectivity index (χ2v) is 2.23. The molecular formula is C8H11N3O. The average Bonchev–Trinajstić information content (AvgIpc) is 2.06. The molecule has 12 heavy (non-hydrogen) atoms. The number of hydrogen-bond donors (Lipinski definition) is 2. The van der Waals surface area contributed by atoms with Crippen LogP contribution in [-0.4, -0.2) is 17.4 Å². The Morgan fingerprint density at radius 3 is 2.83 bits per heavy atom. The Bertz CT molecular complexity index is 268. The molecule has 0 amide bonds. The van der Waals surface area contributed by atoms with E-state index in [0.29, 0.717) is 18.1 Å². The van der Waals surface area contributed by atoms with Crippen LogP contribution in [0.15, 0.2) is 18.3 Å². The highest BCUT2D eigenvalue weighted by atomic mass is 16.5. The van der Waals surface area contributed by atoms with Gasteiger partial charge in [-0.3, -0.25) is 5.41 Å². The third-order valence-corrected chi connectivity index (χ3v) is 1.34. The quantitative estimate of drug-likeness (QED) is 0.513. The van der Waals surface area contributed by atoms with Crippen LogP contribution in [0.1, 0.15) is 12.5 Å². The molecule has 0 atom stereocenters. The van der Waals surface area contributed by atoms with Gasteiger partial charge in [0, 0.05) is 17.8 Å². The number of nitrogens with one attached hydrogen (secondary N) is 1. The zero-order valence-corrected chi connectivity index (χ0v) is 6.87. The van der Waals surface area contributed by atoms with Gasteiger partial charge in [0.1, 0.15) is 5.84 Å². The zero-order valence-electron chi connectivity index (χ0n) is 6.87. The van der Waals surface area contributed by atoms with Gasteiger partial charge in [-0.15, -0.1) is 0 Å². The maximum absolute atomic E-state index is 7.10. The molecule has 3 N–H and O–H groups in total. The molecule has 1 aromatic rings. The Morgan fingerprint density at radius 1 is 1.67 bits per heavy atom. The molecule has 0 aliphatic carbocycles. The highest BCUT2D eigenvalue weighted by Crippen LogP contribution is 2.06. The SMILES string of the molecule is CCOc1ccc(C(=N)N)cn1. The first-order chi connectivity index (χ1) is 5.74. The number of nitrogens with two attached hydrogens (primary N) is 1. The first-order valence-corrected chi connectivity index (χ1v) is 3.67. The van der Waals surface area contributed by atoms with Crippen molar-refractivity contribution in [1.82, 2.24) is 4.98 Å². The summed E-state index contributed by atoms with van der Waals surface area (Å²) in [5, 5.41) is 7.10. The van der Waals surface area contributed by atoms with Gasteiger partial charge in [-0.1, -0.05) is 0 Å². The molecule has 64 valence electrons. The minimum absolute atomic E-state index is 0.0190. The highest BCUT2D eigenvalue weighted by Gasteiger charge is 1.97. The number of pyridine rings is 1. The molecule has 0 aliphatic rings. The maximum Gasteiger partial charge on any atom is 0.213 e. The van der Waals surface area contributed by atoms with Crippen LogP contribution in [0, 0.1) is 5.41 Å². The smallest absolute Gasteiger partial charge is 0.213 e. The van der Waals surface area contributed by atoms with Gasteiger partial charge in [-0.05, 0) is 13.0 Å². The van der Waals surface area contributed by atoms with Crippen molar-refractivity contribution >= 4 is 5.84 Å². The van der Waals surface area contributed by atoms with Crippen LogP contribution < -0.4 is 10.5 Å². The Labute approximate surface area is 70.9 Å². The lowest BCUT2D eigenvalue weighted by Gasteiger charge is -2.01. The number of hydrogen-bond acceptors (Lipinski definition) is 3. The second-order valence-electron chi connectivity index (χ2n) is 2.23. The summed E-state index contributed by atoms with van der Waals surface area (Å²) in [4.78, 5) is 3.95. The van der Waals surface area contributed by atoms with Gasteiger partial charge < -0.3 is 10.5 Å². The van der Waals surface area contributed by atoms with Crippen LogP contribution in [0.5, 0.6) is 5.88 Å². The molecule has 0 aromatic carbocycles. The van der Waals surface area contributed by atoms with Gasteiger partial charge in [0.25, 0.3) is 0 Å². The van der Waals surface area contributed by atoms with Gasteiger partial charge in [-0.2, -0.15) is 0 Å². The first-order valence-electron chi connectivity index (χ1n) is 3.67. The normalized spacial score (nSPS) is 9.42. The van der Waals surface area contributed by atoms with E-state index < -0.39 is 0 Å². The molecule has 1 heterocycles. The van der Waals surface area contributed by atoms with Crippen molar-refractivity contribution in [3.05, 3.63) is 23.9 Å². The first kappa shape index (κ1) is 8.52. The van der Waals surface area contributed by atoms with E-state index in [-0.39, 0.29) is 5.84 Å². The van der Waals surface area contributed by atoms with Crippen molar-refractivity contribution < 1.29 is 4.74 Å². The number of rotatable bonds is 3. The lowest BCUT2D eigenvalue weighted by atomic mass is 10.3. The molecule has 0 spiro atoms. The Balaban J connectivity index is 2.78. The third kappa shape index (κ3) is 1.95. The van der Waals surface area contributed by atoms with E-state index in [2.05, 4.69) is 4.98 Å². The second kappa shape index (κ2) is 3.71. The summed E-state index contributed by atoms with van der Waals surface area (Å²) in [6.07, 6.45) is 1.52. The zero-order chi connectivity index (χ0) is 8.97. The monoisotopic (exact) mass is 165 g/mol. The topological polar surface area (TPSA) is 72.0 Å². The number of amidine groups is 1.